The molecule has 3 N–H and O–H groups in total. The fourth-order valence-electron chi connectivity index (χ4n) is 5.16. The van der Waals surface area contributed by atoms with Crippen molar-refractivity contribution in [1.29, 1.82) is 0 Å². The third kappa shape index (κ3) is 2.67. The van der Waals surface area contributed by atoms with Crippen LogP contribution in [0.2, 0.25) is 0 Å². The van der Waals surface area contributed by atoms with Gasteiger partial charge in [0.25, 0.3) is 0 Å². The molecule has 2 aromatic carbocycles. The van der Waals surface area contributed by atoms with Crippen molar-refractivity contribution in [2.45, 2.75) is 11.5 Å². The Labute approximate surface area is 179 Å². The number of phenols is 2. The number of nitrogens with zero attached hydrogens (tertiary/aromatic N) is 2. The van der Waals surface area contributed by atoms with Crippen LogP contribution in [0.15, 0.2) is 67.0 Å². The Kier molecular flexibility index (Phi) is 4.30. The van der Waals surface area contributed by atoms with Gasteiger partial charge in [-0.3, -0.25) is 19.5 Å². The fourth-order valence-corrected chi connectivity index (χ4v) is 5.16. The number of likely N-dealkylation sites (N-methyl/N-ethyl adjacent to an activating group) is 1. The lowest BCUT2D eigenvalue weighted by Gasteiger charge is -2.35. The zero-order chi connectivity index (χ0) is 21.8. The van der Waals surface area contributed by atoms with E-state index in [1.165, 1.54) is 12.1 Å². The van der Waals surface area contributed by atoms with Crippen molar-refractivity contribution in [1.82, 2.24) is 9.88 Å². The van der Waals surface area contributed by atoms with Gasteiger partial charge in [0, 0.05) is 41.7 Å². The Balaban J connectivity index is 1.73. The van der Waals surface area contributed by atoms with Gasteiger partial charge in [0.05, 0.1) is 5.92 Å². The first-order chi connectivity index (χ1) is 14.9. The van der Waals surface area contributed by atoms with Crippen molar-refractivity contribution in [2.24, 2.45) is 5.92 Å². The number of amides is 1. The number of hydrogen-bond donors (Lipinski definition) is 3. The van der Waals surface area contributed by atoms with E-state index < -0.39 is 11.5 Å². The molecule has 3 aromatic rings. The highest BCUT2D eigenvalue weighted by Gasteiger charge is 2.64. The predicted molar refractivity (Wildman–Crippen MR) is 114 cm³/mol. The van der Waals surface area contributed by atoms with E-state index in [-0.39, 0.29) is 29.1 Å². The van der Waals surface area contributed by atoms with Crippen LogP contribution in [0.25, 0.3) is 0 Å². The van der Waals surface area contributed by atoms with E-state index >= 15 is 0 Å². The summed E-state index contributed by atoms with van der Waals surface area (Å²) < 4.78 is 0. The van der Waals surface area contributed by atoms with Gasteiger partial charge in [-0.2, -0.15) is 0 Å². The number of phenolic OH excluding ortho intramolecular Hbond substituents is 2. The zero-order valence-corrected chi connectivity index (χ0v) is 16.8. The maximum Gasteiger partial charge on any atom is 0.250 e. The molecule has 156 valence electrons. The molecular formula is C24H21N3O4. The molecule has 0 aliphatic carbocycles. The van der Waals surface area contributed by atoms with Gasteiger partial charge in [-0.15, -0.1) is 0 Å². The molecule has 1 spiro atoms. The van der Waals surface area contributed by atoms with Crippen LogP contribution in [0.3, 0.4) is 0 Å². The quantitative estimate of drug-likeness (QED) is 0.449. The Morgan fingerprint density at radius 1 is 1.10 bits per heavy atom. The van der Waals surface area contributed by atoms with E-state index in [2.05, 4.69) is 10.3 Å². The van der Waals surface area contributed by atoms with Gasteiger partial charge in [0.2, 0.25) is 5.91 Å². The number of aromatic hydroxyl groups is 2. The van der Waals surface area contributed by atoms with Gasteiger partial charge in [-0.1, -0.05) is 24.3 Å². The summed E-state index contributed by atoms with van der Waals surface area (Å²) in [6, 6.07) is 15.3. The number of ketones is 1. The van der Waals surface area contributed by atoms with E-state index in [1.54, 1.807) is 30.6 Å². The molecule has 0 radical (unpaired) electrons. The Hall–Kier alpha value is -3.71. The number of likely N-dealkylation sites (tertiary alicyclic amines) is 1. The first-order valence-corrected chi connectivity index (χ1v) is 10.0. The zero-order valence-electron chi connectivity index (χ0n) is 16.8. The largest absolute Gasteiger partial charge is 0.504 e. The minimum absolute atomic E-state index is 0.170. The summed E-state index contributed by atoms with van der Waals surface area (Å²) in [5.74, 6) is -2.02. The second kappa shape index (κ2) is 6.92. The third-order valence-electron chi connectivity index (χ3n) is 6.53. The van der Waals surface area contributed by atoms with E-state index in [9.17, 15) is 19.8 Å². The molecule has 3 heterocycles. The van der Waals surface area contributed by atoms with Gasteiger partial charge in [0.1, 0.15) is 5.54 Å². The molecule has 5 rings (SSSR count). The van der Waals surface area contributed by atoms with Crippen molar-refractivity contribution in [3.05, 3.63) is 83.7 Å². The molecule has 1 fully saturated rings. The lowest BCUT2D eigenvalue weighted by atomic mass is 9.70. The summed E-state index contributed by atoms with van der Waals surface area (Å²) >= 11 is 0. The molecule has 2 aliphatic heterocycles. The molecule has 31 heavy (non-hydrogen) atoms. The summed E-state index contributed by atoms with van der Waals surface area (Å²) in [6.07, 6.45) is 3.12. The van der Waals surface area contributed by atoms with Crippen LogP contribution in [-0.4, -0.2) is 45.4 Å². The Bertz CT molecular complexity index is 1200. The topological polar surface area (TPSA) is 103 Å². The molecular weight excluding hydrogens is 394 g/mol. The van der Waals surface area contributed by atoms with Crippen LogP contribution in [0.4, 0.5) is 5.69 Å². The summed E-state index contributed by atoms with van der Waals surface area (Å²) in [5, 5.41) is 22.8. The molecule has 3 atom stereocenters. The second-order valence-electron chi connectivity index (χ2n) is 8.08. The third-order valence-corrected chi connectivity index (χ3v) is 6.53. The van der Waals surface area contributed by atoms with Gasteiger partial charge in [-0.25, -0.2) is 0 Å². The molecule has 1 saturated heterocycles. The number of rotatable bonds is 3. The fraction of sp³-hybridized carbons (Fsp3) is 0.208. The number of nitrogens with one attached hydrogen (secondary N) is 1. The first-order valence-electron chi connectivity index (χ1n) is 10.0. The van der Waals surface area contributed by atoms with Crippen molar-refractivity contribution < 1.29 is 19.8 Å². The number of pyridine rings is 1. The lowest BCUT2D eigenvalue weighted by molar-refractivity contribution is -0.126. The lowest BCUT2D eigenvalue weighted by Crippen LogP contribution is -2.51. The van der Waals surface area contributed by atoms with Crippen LogP contribution >= 0.6 is 0 Å². The normalized spacial score (nSPS) is 24.9. The van der Waals surface area contributed by atoms with Crippen LogP contribution in [0.5, 0.6) is 11.5 Å². The number of carbonyl (C=O) groups excluding carboxylic acids is 2. The van der Waals surface area contributed by atoms with Crippen molar-refractivity contribution in [3.8, 4) is 11.5 Å². The molecule has 2 aliphatic rings. The highest BCUT2D eigenvalue weighted by atomic mass is 16.3. The van der Waals surface area contributed by atoms with Gasteiger partial charge in [0.15, 0.2) is 17.3 Å². The van der Waals surface area contributed by atoms with Crippen LogP contribution in [0.1, 0.15) is 27.4 Å². The number of carbonyl (C=O) groups is 2. The average molecular weight is 415 g/mol. The summed E-state index contributed by atoms with van der Waals surface area (Å²) in [4.78, 5) is 33.3. The standard InChI is InChI=1S/C24H21N3O4/c1-27-13-16(15-6-7-19(28)20(29)12-15)21(22(30)14-8-10-25-11-9-14)24(27)17-4-2-3-5-18(17)26-23(24)31/h2-12,16,21,28-29H,13H2,1H3,(H,26,31). The molecule has 7 heteroatoms. The SMILES string of the molecule is CN1CC(c2ccc(O)c(O)c2)C(C(=O)c2ccncc2)C12C(=O)Nc1ccccc12. The van der Waals surface area contributed by atoms with Gasteiger partial charge < -0.3 is 15.5 Å². The summed E-state index contributed by atoms with van der Waals surface area (Å²) in [6.45, 7) is 0.424. The second-order valence-corrected chi connectivity index (χ2v) is 8.08. The minimum Gasteiger partial charge on any atom is -0.504 e. The average Bonchev–Trinajstić information content (AvgIpc) is 3.25. The molecule has 0 saturated carbocycles. The number of benzene rings is 2. The summed E-state index contributed by atoms with van der Waals surface area (Å²) in [7, 11) is 1.84. The predicted octanol–water partition coefficient (Wildman–Crippen LogP) is 2.87. The molecule has 3 unspecified atom stereocenters. The van der Waals surface area contributed by atoms with E-state index in [0.717, 1.165) is 5.56 Å². The maximum atomic E-state index is 13.9. The van der Waals surface area contributed by atoms with Crippen molar-refractivity contribution in [2.75, 3.05) is 18.9 Å². The number of anilines is 1. The van der Waals surface area contributed by atoms with E-state index in [0.29, 0.717) is 23.4 Å². The highest BCUT2D eigenvalue weighted by molar-refractivity contribution is 6.12. The van der Waals surface area contributed by atoms with Crippen LogP contribution < -0.4 is 5.32 Å². The van der Waals surface area contributed by atoms with E-state index in [1.807, 2.05) is 36.2 Å². The van der Waals surface area contributed by atoms with Gasteiger partial charge >= 0.3 is 0 Å². The Morgan fingerprint density at radius 2 is 1.84 bits per heavy atom. The minimum atomic E-state index is -1.19. The molecule has 0 bridgehead atoms. The van der Waals surface area contributed by atoms with E-state index in [4.69, 9.17) is 0 Å². The smallest absolute Gasteiger partial charge is 0.250 e. The van der Waals surface area contributed by atoms with Crippen molar-refractivity contribution in [3.63, 3.8) is 0 Å². The number of hydrogen-bond acceptors (Lipinski definition) is 6. The van der Waals surface area contributed by atoms with Crippen molar-refractivity contribution >= 4 is 17.4 Å². The Morgan fingerprint density at radius 3 is 2.58 bits per heavy atom. The number of fused-ring (bicyclic) bond motifs is 2. The molecule has 1 aromatic heterocycles. The highest BCUT2D eigenvalue weighted by Crippen LogP contribution is 2.55. The number of aromatic nitrogens is 1. The number of para-hydroxylation sites is 1. The monoisotopic (exact) mass is 415 g/mol. The first kappa shape index (κ1) is 19.3. The van der Waals surface area contributed by atoms with Crippen LogP contribution in [-0.2, 0) is 10.3 Å². The summed E-state index contributed by atoms with van der Waals surface area (Å²) in [5.41, 5.74) is 1.43. The van der Waals surface area contributed by atoms with Crippen LogP contribution in [0, 0.1) is 5.92 Å². The molecule has 1 amide bonds. The molecule has 7 nitrogen and oxygen atoms in total. The number of Topliss-reactive ketones (excluding diaryl/α,β-unsaturated/α-hetero) is 1. The maximum absolute atomic E-state index is 13.9. The van der Waals surface area contributed by atoms with Gasteiger partial charge in [-0.05, 0) is 42.9 Å².